The van der Waals surface area contributed by atoms with Gasteiger partial charge in [0.1, 0.15) is 6.04 Å². The van der Waals surface area contributed by atoms with E-state index in [-0.39, 0.29) is 11.8 Å². The molecule has 1 saturated carbocycles. The van der Waals surface area contributed by atoms with E-state index in [1.807, 2.05) is 0 Å². The van der Waals surface area contributed by atoms with Crippen LogP contribution in [0.3, 0.4) is 0 Å². The summed E-state index contributed by atoms with van der Waals surface area (Å²) in [6.07, 6.45) is 5.13. The van der Waals surface area contributed by atoms with Gasteiger partial charge in [-0.1, -0.05) is 0 Å². The summed E-state index contributed by atoms with van der Waals surface area (Å²) in [4.78, 5) is 25.0. The van der Waals surface area contributed by atoms with Crippen molar-refractivity contribution in [2.45, 2.75) is 44.6 Å². The third-order valence-electron chi connectivity index (χ3n) is 4.35. The summed E-state index contributed by atoms with van der Waals surface area (Å²) in [5, 5.41) is 9.10. The lowest BCUT2D eigenvalue weighted by Crippen LogP contribution is -2.44. The Morgan fingerprint density at radius 1 is 1.17 bits per heavy atom. The summed E-state index contributed by atoms with van der Waals surface area (Å²) in [6.45, 7) is 1.30. The van der Waals surface area contributed by atoms with Gasteiger partial charge in [0.05, 0.1) is 0 Å². The fraction of sp³-hybridized carbons (Fsp3) is 0.846. The molecule has 5 heteroatoms. The van der Waals surface area contributed by atoms with Gasteiger partial charge in [0.2, 0.25) is 5.91 Å². The lowest BCUT2D eigenvalue weighted by molar-refractivity contribution is -0.150. The Labute approximate surface area is 107 Å². The zero-order chi connectivity index (χ0) is 13.1. The van der Waals surface area contributed by atoms with Crippen LogP contribution in [-0.2, 0) is 9.59 Å². The molecule has 2 fully saturated rings. The summed E-state index contributed by atoms with van der Waals surface area (Å²) < 4.78 is 0. The number of carbonyl (C=O) groups excluding carboxylic acids is 1. The molecule has 3 N–H and O–H groups in total. The average Bonchev–Trinajstić information content (AvgIpc) is 2.87. The van der Waals surface area contributed by atoms with E-state index in [2.05, 4.69) is 0 Å². The molecule has 1 aliphatic carbocycles. The Hall–Kier alpha value is -1.10. The average molecular weight is 254 g/mol. The van der Waals surface area contributed by atoms with Gasteiger partial charge < -0.3 is 15.7 Å². The maximum absolute atomic E-state index is 12.3. The minimum Gasteiger partial charge on any atom is -0.480 e. The predicted octanol–water partition coefficient (Wildman–Crippen LogP) is 0.827. The summed E-state index contributed by atoms with van der Waals surface area (Å²) >= 11 is 0. The van der Waals surface area contributed by atoms with Gasteiger partial charge >= 0.3 is 5.97 Å². The maximum atomic E-state index is 12.3. The topological polar surface area (TPSA) is 83.6 Å². The highest BCUT2D eigenvalue weighted by Gasteiger charge is 2.37. The standard InChI is InChI=1S/C13H22N2O3/c14-8-9-3-5-10(6-4-9)12(16)15-7-1-2-11(15)13(17)18/h9-11H,1-8,14H2,(H,17,18). The van der Waals surface area contributed by atoms with Gasteiger partial charge in [0.15, 0.2) is 0 Å². The molecular formula is C13H22N2O3. The first kappa shape index (κ1) is 13.3. The number of aliphatic carboxylic acids is 1. The molecule has 5 nitrogen and oxygen atoms in total. The molecule has 18 heavy (non-hydrogen) atoms. The SMILES string of the molecule is NCC1CCC(C(=O)N2CCCC2C(=O)O)CC1. The molecule has 1 heterocycles. The van der Waals surface area contributed by atoms with E-state index in [0.717, 1.165) is 32.1 Å². The van der Waals surface area contributed by atoms with Crippen molar-refractivity contribution in [2.24, 2.45) is 17.6 Å². The number of amides is 1. The van der Waals surface area contributed by atoms with Crippen LogP contribution in [0, 0.1) is 11.8 Å². The molecule has 1 aliphatic heterocycles. The molecule has 1 amide bonds. The number of nitrogens with zero attached hydrogens (tertiary/aromatic N) is 1. The Balaban J connectivity index is 1.93. The van der Waals surface area contributed by atoms with Gasteiger partial charge in [-0.2, -0.15) is 0 Å². The second-order valence-corrected chi connectivity index (χ2v) is 5.48. The Morgan fingerprint density at radius 3 is 2.39 bits per heavy atom. The third-order valence-corrected chi connectivity index (χ3v) is 4.35. The van der Waals surface area contributed by atoms with E-state index in [1.165, 1.54) is 0 Å². The van der Waals surface area contributed by atoms with Crippen LogP contribution in [0.1, 0.15) is 38.5 Å². The third kappa shape index (κ3) is 2.66. The monoisotopic (exact) mass is 254 g/mol. The number of carbonyl (C=O) groups is 2. The molecule has 0 aromatic carbocycles. The number of carboxylic acid groups (broad SMARTS) is 1. The van der Waals surface area contributed by atoms with Crippen LogP contribution in [0.25, 0.3) is 0 Å². The van der Waals surface area contributed by atoms with Gasteiger partial charge in [-0.15, -0.1) is 0 Å². The van der Waals surface area contributed by atoms with Gasteiger partial charge in [0.25, 0.3) is 0 Å². The van der Waals surface area contributed by atoms with Crippen molar-refractivity contribution >= 4 is 11.9 Å². The zero-order valence-corrected chi connectivity index (χ0v) is 10.7. The smallest absolute Gasteiger partial charge is 0.326 e. The van der Waals surface area contributed by atoms with Crippen molar-refractivity contribution in [1.82, 2.24) is 4.90 Å². The highest BCUT2D eigenvalue weighted by atomic mass is 16.4. The van der Waals surface area contributed by atoms with E-state index < -0.39 is 12.0 Å². The molecule has 0 bridgehead atoms. The van der Waals surface area contributed by atoms with Gasteiger partial charge in [-0.3, -0.25) is 4.79 Å². The van der Waals surface area contributed by atoms with Gasteiger partial charge in [0, 0.05) is 12.5 Å². The van der Waals surface area contributed by atoms with Crippen LogP contribution < -0.4 is 5.73 Å². The quantitative estimate of drug-likeness (QED) is 0.781. The van der Waals surface area contributed by atoms with E-state index in [0.29, 0.717) is 25.4 Å². The van der Waals surface area contributed by atoms with E-state index >= 15 is 0 Å². The molecule has 1 unspecified atom stereocenters. The number of nitrogens with two attached hydrogens (primary N) is 1. The zero-order valence-electron chi connectivity index (χ0n) is 10.7. The highest BCUT2D eigenvalue weighted by Crippen LogP contribution is 2.31. The largest absolute Gasteiger partial charge is 0.480 e. The normalized spacial score (nSPS) is 32.5. The molecule has 0 aromatic heterocycles. The van der Waals surface area contributed by atoms with Crippen molar-refractivity contribution in [1.29, 1.82) is 0 Å². The molecular weight excluding hydrogens is 232 g/mol. The molecule has 0 spiro atoms. The Morgan fingerprint density at radius 2 is 1.83 bits per heavy atom. The lowest BCUT2D eigenvalue weighted by Gasteiger charge is -2.31. The fourth-order valence-electron chi connectivity index (χ4n) is 3.17. The van der Waals surface area contributed by atoms with Crippen LogP contribution in [0.4, 0.5) is 0 Å². The maximum Gasteiger partial charge on any atom is 0.326 e. The Kier molecular flexibility index (Phi) is 4.22. The summed E-state index contributed by atoms with van der Waals surface area (Å²) in [5.74, 6) is -0.248. The van der Waals surface area contributed by atoms with Crippen molar-refractivity contribution < 1.29 is 14.7 Å². The first-order valence-corrected chi connectivity index (χ1v) is 6.86. The first-order chi connectivity index (χ1) is 8.63. The minimum absolute atomic E-state index is 0.0211. The number of rotatable bonds is 3. The molecule has 2 aliphatic rings. The molecule has 1 saturated heterocycles. The Bertz CT molecular complexity index is 324. The van der Waals surface area contributed by atoms with Crippen molar-refractivity contribution in [3.05, 3.63) is 0 Å². The molecule has 1 atom stereocenters. The number of hydrogen-bond donors (Lipinski definition) is 2. The summed E-state index contributed by atoms with van der Waals surface area (Å²) in [7, 11) is 0. The van der Waals surface area contributed by atoms with E-state index in [4.69, 9.17) is 10.8 Å². The lowest BCUT2D eigenvalue weighted by atomic mass is 9.81. The van der Waals surface area contributed by atoms with E-state index in [9.17, 15) is 9.59 Å². The second kappa shape index (κ2) is 5.69. The second-order valence-electron chi connectivity index (χ2n) is 5.48. The van der Waals surface area contributed by atoms with Gasteiger partial charge in [-0.05, 0) is 51.0 Å². The summed E-state index contributed by atoms with van der Waals surface area (Å²) in [6, 6.07) is -0.593. The predicted molar refractivity (Wildman–Crippen MR) is 66.9 cm³/mol. The van der Waals surface area contributed by atoms with E-state index in [1.54, 1.807) is 4.90 Å². The number of likely N-dealkylation sites (tertiary alicyclic amines) is 1. The summed E-state index contributed by atoms with van der Waals surface area (Å²) in [5.41, 5.74) is 5.64. The molecule has 0 radical (unpaired) electrons. The minimum atomic E-state index is -0.864. The molecule has 0 aromatic rings. The number of carboxylic acids is 1. The van der Waals surface area contributed by atoms with Crippen LogP contribution in [0.5, 0.6) is 0 Å². The van der Waals surface area contributed by atoms with Crippen LogP contribution in [-0.4, -0.2) is 41.0 Å². The number of hydrogen-bond acceptors (Lipinski definition) is 3. The molecule has 2 rings (SSSR count). The first-order valence-electron chi connectivity index (χ1n) is 6.86. The van der Waals surface area contributed by atoms with Gasteiger partial charge in [-0.25, -0.2) is 4.79 Å². The fourth-order valence-corrected chi connectivity index (χ4v) is 3.17. The van der Waals surface area contributed by atoms with Crippen molar-refractivity contribution in [3.8, 4) is 0 Å². The van der Waals surface area contributed by atoms with Crippen LogP contribution >= 0.6 is 0 Å². The van der Waals surface area contributed by atoms with Crippen LogP contribution in [0.15, 0.2) is 0 Å². The van der Waals surface area contributed by atoms with Crippen molar-refractivity contribution in [2.75, 3.05) is 13.1 Å². The highest BCUT2D eigenvalue weighted by molar-refractivity contribution is 5.85. The molecule has 102 valence electrons. The van der Waals surface area contributed by atoms with Crippen LogP contribution in [0.2, 0.25) is 0 Å². The van der Waals surface area contributed by atoms with Crippen molar-refractivity contribution in [3.63, 3.8) is 0 Å².